The zero-order valence-corrected chi connectivity index (χ0v) is 11.0. The molecule has 1 saturated heterocycles. The van der Waals surface area contributed by atoms with Gasteiger partial charge in [-0.25, -0.2) is 12.7 Å². The minimum absolute atomic E-state index is 0.0743. The van der Waals surface area contributed by atoms with Crippen molar-refractivity contribution < 1.29 is 23.1 Å². The number of hydrogen-bond acceptors (Lipinski definition) is 4. The van der Waals surface area contributed by atoms with Crippen LogP contribution < -0.4 is 0 Å². The smallest absolute Gasteiger partial charge is 0.311 e. The highest BCUT2D eigenvalue weighted by atomic mass is 32.2. The lowest BCUT2D eigenvalue weighted by Crippen LogP contribution is -2.38. The molecule has 0 aromatic heterocycles. The fourth-order valence-electron chi connectivity index (χ4n) is 2.00. The third kappa shape index (κ3) is 2.97. The first-order chi connectivity index (χ1) is 7.88. The maximum Gasteiger partial charge on any atom is 0.311 e. The van der Waals surface area contributed by atoms with Crippen LogP contribution in [-0.2, 0) is 19.6 Å². The highest BCUT2D eigenvalue weighted by Crippen LogP contribution is 2.35. The number of ether oxygens (including phenoxy) is 1. The zero-order chi connectivity index (χ0) is 13.1. The summed E-state index contributed by atoms with van der Waals surface area (Å²) in [5.41, 5.74) is -0.917. The molecule has 0 bridgehead atoms. The molecule has 17 heavy (non-hydrogen) atoms. The van der Waals surface area contributed by atoms with Gasteiger partial charge in [0.15, 0.2) is 0 Å². The number of sulfonamides is 1. The zero-order valence-electron chi connectivity index (χ0n) is 10.2. The van der Waals surface area contributed by atoms with E-state index >= 15 is 0 Å². The molecule has 6 nitrogen and oxygen atoms in total. The Morgan fingerprint density at radius 1 is 1.53 bits per heavy atom. The van der Waals surface area contributed by atoms with E-state index in [2.05, 4.69) is 0 Å². The van der Waals surface area contributed by atoms with Crippen LogP contribution >= 0.6 is 0 Å². The third-order valence-corrected chi connectivity index (χ3v) is 5.17. The van der Waals surface area contributed by atoms with E-state index in [9.17, 15) is 18.3 Å². The van der Waals surface area contributed by atoms with Gasteiger partial charge in [-0.05, 0) is 12.8 Å². The number of carbonyl (C=O) groups is 1. The van der Waals surface area contributed by atoms with Crippen molar-refractivity contribution in [1.82, 2.24) is 4.31 Å². The van der Waals surface area contributed by atoms with Crippen molar-refractivity contribution in [3.8, 4) is 0 Å². The molecule has 1 unspecified atom stereocenters. The molecule has 0 aliphatic carbocycles. The fraction of sp³-hybridized carbons (Fsp3) is 0.900. The molecule has 1 aliphatic rings. The molecule has 0 amide bonds. The van der Waals surface area contributed by atoms with Crippen molar-refractivity contribution in [2.75, 3.05) is 32.6 Å². The monoisotopic (exact) mass is 265 g/mol. The molecule has 0 radical (unpaired) electrons. The second-order valence-corrected chi connectivity index (χ2v) is 6.42. The topological polar surface area (TPSA) is 83.9 Å². The van der Waals surface area contributed by atoms with Crippen LogP contribution in [0.15, 0.2) is 0 Å². The summed E-state index contributed by atoms with van der Waals surface area (Å²) in [5.74, 6) is -1.01. The van der Waals surface area contributed by atoms with Crippen molar-refractivity contribution in [1.29, 1.82) is 0 Å². The van der Waals surface area contributed by atoms with E-state index in [4.69, 9.17) is 4.74 Å². The minimum Gasteiger partial charge on any atom is -0.481 e. The van der Waals surface area contributed by atoms with Gasteiger partial charge in [-0.2, -0.15) is 0 Å². The van der Waals surface area contributed by atoms with E-state index < -0.39 is 21.4 Å². The Morgan fingerprint density at radius 2 is 2.18 bits per heavy atom. The van der Waals surface area contributed by atoms with Crippen molar-refractivity contribution in [3.05, 3.63) is 0 Å². The maximum atomic E-state index is 11.9. The van der Waals surface area contributed by atoms with Crippen LogP contribution in [0, 0.1) is 5.41 Å². The molecule has 0 spiro atoms. The predicted octanol–water partition coefficient (Wildman–Crippen LogP) is 0.149. The van der Waals surface area contributed by atoms with Gasteiger partial charge in [-0.3, -0.25) is 4.79 Å². The minimum atomic E-state index is -3.39. The second kappa shape index (κ2) is 5.32. The molecule has 0 aromatic rings. The van der Waals surface area contributed by atoms with Crippen molar-refractivity contribution >= 4 is 16.0 Å². The van der Waals surface area contributed by atoms with Gasteiger partial charge in [-0.1, -0.05) is 6.92 Å². The van der Waals surface area contributed by atoms with E-state index in [1.807, 2.05) is 0 Å². The van der Waals surface area contributed by atoms with E-state index in [1.54, 1.807) is 6.92 Å². The number of methoxy groups -OCH3 is 1. The second-order valence-electron chi connectivity index (χ2n) is 4.33. The van der Waals surface area contributed by atoms with Crippen molar-refractivity contribution in [2.45, 2.75) is 19.8 Å². The van der Waals surface area contributed by atoms with Crippen molar-refractivity contribution in [3.63, 3.8) is 0 Å². The molecular weight excluding hydrogens is 246 g/mol. The van der Waals surface area contributed by atoms with E-state index in [1.165, 1.54) is 11.4 Å². The summed E-state index contributed by atoms with van der Waals surface area (Å²) in [5, 5.41) is 9.18. The highest BCUT2D eigenvalue weighted by Gasteiger charge is 2.46. The van der Waals surface area contributed by atoms with E-state index in [-0.39, 0.29) is 25.4 Å². The summed E-state index contributed by atoms with van der Waals surface area (Å²) in [6.45, 7) is 2.27. The Kier molecular flexibility index (Phi) is 4.51. The van der Waals surface area contributed by atoms with Crippen LogP contribution in [0.4, 0.5) is 0 Å². The quantitative estimate of drug-likeness (QED) is 0.739. The summed E-state index contributed by atoms with van der Waals surface area (Å²) >= 11 is 0. The summed E-state index contributed by atoms with van der Waals surface area (Å²) < 4.78 is 29.8. The first-order valence-electron chi connectivity index (χ1n) is 5.58. The third-order valence-electron chi connectivity index (χ3n) is 3.39. The Bertz CT molecular complexity index is 380. The fourth-order valence-corrected chi connectivity index (χ4v) is 3.45. The predicted molar refractivity (Wildman–Crippen MR) is 62.2 cm³/mol. The number of carboxylic acids is 1. The standard InChI is InChI=1S/C10H19NO5S/c1-3-10(9(12)13)4-5-11(8-10)17(14,15)7-6-16-2/h3-8H2,1-2H3,(H,12,13). The van der Waals surface area contributed by atoms with Gasteiger partial charge in [0.1, 0.15) is 0 Å². The first-order valence-corrected chi connectivity index (χ1v) is 7.19. The van der Waals surface area contributed by atoms with Gasteiger partial charge < -0.3 is 9.84 Å². The summed E-state index contributed by atoms with van der Waals surface area (Å²) in [4.78, 5) is 11.2. The van der Waals surface area contributed by atoms with Gasteiger partial charge >= 0.3 is 5.97 Å². The van der Waals surface area contributed by atoms with Crippen LogP contribution in [0.3, 0.4) is 0 Å². The Morgan fingerprint density at radius 3 is 2.59 bits per heavy atom. The summed E-state index contributed by atoms with van der Waals surface area (Å²) in [6, 6.07) is 0. The number of carboxylic acid groups (broad SMARTS) is 1. The number of nitrogens with zero attached hydrogens (tertiary/aromatic N) is 1. The van der Waals surface area contributed by atoms with E-state index in [0.717, 1.165) is 0 Å². The summed E-state index contributed by atoms with van der Waals surface area (Å²) in [6.07, 6.45) is 0.823. The number of hydrogen-bond donors (Lipinski definition) is 1. The van der Waals surface area contributed by atoms with Crippen LogP contribution in [0.25, 0.3) is 0 Å². The average Bonchev–Trinajstić information content (AvgIpc) is 2.72. The Labute approximate surface area is 102 Å². The van der Waals surface area contributed by atoms with Gasteiger partial charge in [0.25, 0.3) is 0 Å². The Balaban J connectivity index is 2.76. The molecule has 1 atom stereocenters. The van der Waals surface area contributed by atoms with E-state index in [0.29, 0.717) is 12.8 Å². The molecule has 7 heteroatoms. The molecule has 1 fully saturated rings. The lowest BCUT2D eigenvalue weighted by Gasteiger charge is -2.22. The molecule has 1 rings (SSSR count). The molecule has 0 aromatic carbocycles. The van der Waals surface area contributed by atoms with Gasteiger partial charge in [0.05, 0.1) is 17.8 Å². The van der Waals surface area contributed by atoms with Crippen molar-refractivity contribution in [2.24, 2.45) is 5.41 Å². The van der Waals surface area contributed by atoms with Gasteiger partial charge in [0, 0.05) is 20.2 Å². The van der Waals surface area contributed by atoms with Crippen LogP contribution in [0.1, 0.15) is 19.8 Å². The lowest BCUT2D eigenvalue weighted by molar-refractivity contribution is -0.148. The number of rotatable bonds is 6. The SMILES string of the molecule is CCC1(C(=O)O)CCN(S(=O)(=O)CCOC)C1. The van der Waals surface area contributed by atoms with Gasteiger partial charge in [0.2, 0.25) is 10.0 Å². The van der Waals surface area contributed by atoms with Crippen LogP contribution in [0.5, 0.6) is 0 Å². The van der Waals surface area contributed by atoms with Crippen LogP contribution in [0.2, 0.25) is 0 Å². The average molecular weight is 265 g/mol. The summed E-state index contributed by atoms with van der Waals surface area (Å²) in [7, 11) is -1.95. The molecule has 1 heterocycles. The highest BCUT2D eigenvalue weighted by molar-refractivity contribution is 7.89. The molecule has 1 aliphatic heterocycles. The largest absolute Gasteiger partial charge is 0.481 e. The first kappa shape index (κ1) is 14.4. The lowest BCUT2D eigenvalue weighted by atomic mass is 9.85. The normalized spacial score (nSPS) is 26.2. The number of aliphatic carboxylic acids is 1. The molecule has 100 valence electrons. The maximum absolute atomic E-state index is 11.9. The molecule has 0 saturated carbocycles. The van der Waals surface area contributed by atoms with Crippen LogP contribution in [-0.4, -0.2) is 56.4 Å². The van der Waals surface area contributed by atoms with Gasteiger partial charge in [-0.15, -0.1) is 0 Å². The molecular formula is C10H19NO5S. The molecule has 1 N–H and O–H groups in total. The Hall–Kier alpha value is -0.660.